The summed E-state index contributed by atoms with van der Waals surface area (Å²) in [6.45, 7) is 3.85. The van der Waals surface area contributed by atoms with Crippen LogP contribution >= 0.6 is 0 Å². The number of hydrogen-bond donors (Lipinski definition) is 2. The number of benzene rings is 1. The number of amides is 1. The number of furan rings is 1. The van der Waals surface area contributed by atoms with Crippen LogP contribution in [0.4, 0.5) is 0 Å². The molecule has 1 heterocycles. The highest BCUT2D eigenvalue weighted by Gasteiger charge is 2.26. The van der Waals surface area contributed by atoms with Crippen molar-refractivity contribution < 1.29 is 14.3 Å². The summed E-state index contributed by atoms with van der Waals surface area (Å²) in [6, 6.07) is 13.7. The second-order valence-electron chi connectivity index (χ2n) is 6.36. The Kier molecular flexibility index (Phi) is 5.99. The minimum absolute atomic E-state index is 0.0441. The standard InChI is InChI=1S/C19H25NO3/c1-15(10-11-16-7-4-3-5-8-16)13-18(21)20-14-19(2,22)17-9-6-12-23-17/h3-9,12,15,22H,10-11,13-14H2,1-2H3,(H,20,21). The van der Waals surface area contributed by atoms with Gasteiger partial charge in [-0.3, -0.25) is 4.79 Å². The van der Waals surface area contributed by atoms with Gasteiger partial charge in [-0.2, -0.15) is 0 Å². The van der Waals surface area contributed by atoms with Gasteiger partial charge in [0, 0.05) is 6.42 Å². The van der Waals surface area contributed by atoms with Crippen molar-refractivity contribution in [2.75, 3.05) is 6.54 Å². The number of aliphatic hydroxyl groups is 1. The van der Waals surface area contributed by atoms with Crippen molar-refractivity contribution in [2.24, 2.45) is 5.92 Å². The zero-order chi connectivity index (χ0) is 16.7. The molecule has 0 aliphatic carbocycles. The zero-order valence-electron chi connectivity index (χ0n) is 13.8. The first-order chi connectivity index (χ1) is 11.0. The summed E-state index contributed by atoms with van der Waals surface area (Å²) in [5.41, 5.74) is 0.104. The van der Waals surface area contributed by atoms with Crippen LogP contribution in [0.5, 0.6) is 0 Å². The number of rotatable bonds is 8. The first-order valence-corrected chi connectivity index (χ1v) is 8.04. The molecule has 4 heteroatoms. The van der Waals surface area contributed by atoms with E-state index >= 15 is 0 Å². The summed E-state index contributed by atoms with van der Waals surface area (Å²) >= 11 is 0. The van der Waals surface area contributed by atoms with E-state index in [9.17, 15) is 9.90 Å². The number of aryl methyl sites for hydroxylation is 1. The van der Waals surface area contributed by atoms with Gasteiger partial charge in [0.25, 0.3) is 0 Å². The predicted molar refractivity (Wildman–Crippen MR) is 89.8 cm³/mol. The van der Waals surface area contributed by atoms with E-state index in [0.29, 0.717) is 18.1 Å². The van der Waals surface area contributed by atoms with Crippen molar-refractivity contribution in [3.63, 3.8) is 0 Å². The monoisotopic (exact) mass is 315 g/mol. The Balaban J connectivity index is 1.72. The lowest BCUT2D eigenvalue weighted by molar-refractivity contribution is -0.123. The summed E-state index contributed by atoms with van der Waals surface area (Å²) in [4.78, 5) is 12.0. The van der Waals surface area contributed by atoms with Crippen LogP contribution in [0.25, 0.3) is 0 Å². The van der Waals surface area contributed by atoms with Crippen molar-refractivity contribution in [1.29, 1.82) is 0 Å². The van der Waals surface area contributed by atoms with Crippen LogP contribution in [0.1, 0.15) is 38.0 Å². The van der Waals surface area contributed by atoms with Crippen LogP contribution in [-0.2, 0) is 16.8 Å². The molecule has 0 saturated carbocycles. The summed E-state index contributed by atoms with van der Waals surface area (Å²) in [6.07, 6.45) is 3.91. The van der Waals surface area contributed by atoms with E-state index in [1.165, 1.54) is 11.8 Å². The third-order valence-corrected chi connectivity index (χ3v) is 3.98. The Morgan fingerprint density at radius 1 is 1.26 bits per heavy atom. The normalized spacial score (nSPS) is 14.9. The Morgan fingerprint density at radius 2 is 2.00 bits per heavy atom. The Labute approximate surface area is 137 Å². The molecule has 23 heavy (non-hydrogen) atoms. The van der Waals surface area contributed by atoms with Crippen LogP contribution in [0.2, 0.25) is 0 Å². The molecule has 0 bridgehead atoms. The van der Waals surface area contributed by atoms with Gasteiger partial charge >= 0.3 is 0 Å². The maximum absolute atomic E-state index is 12.0. The van der Waals surface area contributed by atoms with E-state index in [4.69, 9.17) is 4.42 Å². The second kappa shape index (κ2) is 7.97. The molecule has 1 amide bonds. The maximum Gasteiger partial charge on any atom is 0.220 e. The van der Waals surface area contributed by atoms with Crippen LogP contribution < -0.4 is 5.32 Å². The Hall–Kier alpha value is -2.07. The highest BCUT2D eigenvalue weighted by Crippen LogP contribution is 2.20. The van der Waals surface area contributed by atoms with Gasteiger partial charge in [-0.25, -0.2) is 0 Å². The molecule has 2 aromatic rings. The van der Waals surface area contributed by atoms with Crippen molar-refractivity contribution in [1.82, 2.24) is 5.32 Å². The highest BCUT2D eigenvalue weighted by molar-refractivity contribution is 5.76. The Bertz CT molecular complexity index is 590. The van der Waals surface area contributed by atoms with E-state index in [0.717, 1.165) is 12.8 Å². The second-order valence-corrected chi connectivity index (χ2v) is 6.36. The largest absolute Gasteiger partial charge is 0.466 e. The van der Waals surface area contributed by atoms with Crippen LogP contribution in [0.3, 0.4) is 0 Å². The average Bonchev–Trinajstić information content (AvgIpc) is 3.07. The molecular weight excluding hydrogens is 290 g/mol. The van der Waals surface area contributed by atoms with Crippen molar-refractivity contribution in [3.05, 3.63) is 60.1 Å². The molecule has 0 aliphatic heterocycles. The Morgan fingerprint density at radius 3 is 2.65 bits per heavy atom. The number of nitrogens with one attached hydrogen (secondary N) is 1. The van der Waals surface area contributed by atoms with Crippen molar-refractivity contribution in [2.45, 2.75) is 38.7 Å². The number of hydrogen-bond acceptors (Lipinski definition) is 3. The molecule has 0 radical (unpaired) electrons. The van der Waals surface area contributed by atoms with Crippen molar-refractivity contribution in [3.8, 4) is 0 Å². The number of carbonyl (C=O) groups is 1. The molecule has 2 unspecified atom stereocenters. The molecule has 1 aromatic carbocycles. The smallest absolute Gasteiger partial charge is 0.220 e. The summed E-state index contributed by atoms with van der Waals surface area (Å²) in [7, 11) is 0. The third-order valence-electron chi connectivity index (χ3n) is 3.98. The summed E-state index contributed by atoms with van der Waals surface area (Å²) in [5.74, 6) is 0.705. The lowest BCUT2D eigenvalue weighted by Crippen LogP contribution is -2.38. The quantitative estimate of drug-likeness (QED) is 0.786. The fourth-order valence-electron chi connectivity index (χ4n) is 2.49. The van der Waals surface area contributed by atoms with Crippen molar-refractivity contribution >= 4 is 5.91 Å². The predicted octanol–water partition coefficient (Wildman–Crippen LogP) is 3.26. The van der Waals surface area contributed by atoms with E-state index in [-0.39, 0.29) is 12.5 Å². The SMILES string of the molecule is CC(CCc1ccccc1)CC(=O)NCC(C)(O)c1ccco1. The van der Waals surface area contributed by atoms with Gasteiger partial charge in [0.15, 0.2) is 0 Å². The zero-order valence-corrected chi connectivity index (χ0v) is 13.8. The molecule has 0 fully saturated rings. The van der Waals surface area contributed by atoms with Crippen LogP contribution in [-0.4, -0.2) is 17.6 Å². The van der Waals surface area contributed by atoms with Crippen LogP contribution in [0.15, 0.2) is 53.1 Å². The molecule has 1 aromatic heterocycles. The van der Waals surface area contributed by atoms with E-state index in [1.54, 1.807) is 19.1 Å². The van der Waals surface area contributed by atoms with Gasteiger partial charge in [-0.1, -0.05) is 37.3 Å². The maximum atomic E-state index is 12.0. The molecule has 2 rings (SSSR count). The summed E-state index contributed by atoms with van der Waals surface area (Å²) < 4.78 is 5.20. The fraction of sp³-hybridized carbons (Fsp3) is 0.421. The molecule has 0 aliphatic rings. The molecule has 124 valence electrons. The molecule has 0 saturated heterocycles. The molecular formula is C19H25NO3. The van der Waals surface area contributed by atoms with Gasteiger partial charge < -0.3 is 14.8 Å². The minimum Gasteiger partial charge on any atom is -0.466 e. The minimum atomic E-state index is -1.19. The molecule has 2 atom stereocenters. The van der Waals surface area contributed by atoms with Crippen LogP contribution in [0, 0.1) is 5.92 Å². The highest BCUT2D eigenvalue weighted by atomic mass is 16.4. The molecule has 2 N–H and O–H groups in total. The first kappa shape index (κ1) is 17.3. The van der Waals surface area contributed by atoms with E-state index in [1.807, 2.05) is 18.2 Å². The number of carbonyl (C=O) groups excluding carboxylic acids is 1. The molecule has 4 nitrogen and oxygen atoms in total. The van der Waals surface area contributed by atoms with Gasteiger partial charge in [0.2, 0.25) is 5.91 Å². The van der Waals surface area contributed by atoms with E-state index < -0.39 is 5.60 Å². The lowest BCUT2D eigenvalue weighted by Gasteiger charge is -2.21. The van der Waals surface area contributed by atoms with Gasteiger partial charge in [0.05, 0.1) is 12.8 Å². The van der Waals surface area contributed by atoms with Gasteiger partial charge in [-0.15, -0.1) is 0 Å². The van der Waals surface area contributed by atoms with E-state index in [2.05, 4.69) is 24.4 Å². The van der Waals surface area contributed by atoms with Gasteiger partial charge in [0.1, 0.15) is 11.4 Å². The lowest BCUT2D eigenvalue weighted by atomic mass is 9.97. The molecule has 0 spiro atoms. The average molecular weight is 315 g/mol. The third kappa shape index (κ3) is 5.57. The fourth-order valence-corrected chi connectivity index (χ4v) is 2.49. The summed E-state index contributed by atoms with van der Waals surface area (Å²) in [5, 5.41) is 13.1. The van der Waals surface area contributed by atoms with Gasteiger partial charge in [-0.05, 0) is 43.4 Å². The topological polar surface area (TPSA) is 62.5 Å². The first-order valence-electron chi connectivity index (χ1n) is 8.04.